The molecule has 1 heterocycles. The molecule has 0 spiro atoms. The van der Waals surface area contributed by atoms with E-state index in [9.17, 15) is 18.8 Å². The second-order valence-corrected chi connectivity index (χ2v) is 6.20. The number of aromatic carboxylic acids is 1. The Bertz CT molecular complexity index is 617. The van der Waals surface area contributed by atoms with Crippen molar-refractivity contribution in [1.29, 1.82) is 0 Å². The molecule has 0 bridgehead atoms. The summed E-state index contributed by atoms with van der Waals surface area (Å²) < 4.78 is 13.7. The Morgan fingerprint density at radius 1 is 1.43 bits per heavy atom. The summed E-state index contributed by atoms with van der Waals surface area (Å²) in [5, 5.41) is 8.20. The fourth-order valence-corrected chi connectivity index (χ4v) is 3.26. The molecule has 1 aliphatic rings. The van der Waals surface area contributed by atoms with Gasteiger partial charge < -0.3 is 5.11 Å². The Hall–Kier alpha value is -1.89. The third-order valence-corrected chi connectivity index (χ3v) is 4.32. The van der Waals surface area contributed by atoms with Crippen LogP contribution in [-0.4, -0.2) is 39.1 Å². The molecule has 1 unspecified atom stereocenters. The number of benzene rings is 1. The molecule has 0 aliphatic carbocycles. The van der Waals surface area contributed by atoms with Crippen molar-refractivity contribution in [2.75, 3.05) is 0 Å². The molecule has 2 amide bonds. The van der Waals surface area contributed by atoms with E-state index in [-0.39, 0.29) is 34.7 Å². The summed E-state index contributed by atoms with van der Waals surface area (Å²) in [6.07, 6.45) is -0.00157. The maximum atomic E-state index is 13.7. The first-order chi connectivity index (χ1) is 9.81. The molecule has 112 valence electrons. The highest BCUT2D eigenvalue weighted by Crippen LogP contribution is 2.34. The van der Waals surface area contributed by atoms with E-state index in [1.54, 1.807) is 13.8 Å². The molecule has 0 aromatic heterocycles. The highest BCUT2D eigenvalue weighted by Gasteiger charge is 2.40. The lowest BCUT2D eigenvalue weighted by Crippen LogP contribution is -2.37. The van der Waals surface area contributed by atoms with E-state index in [4.69, 9.17) is 5.11 Å². The molecule has 5 nitrogen and oxygen atoms in total. The normalized spacial score (nSPS) is 18.7. The van der Waals surface area contributed by atoms with Crippen molar-refractivity contribution in [3.63, 3.8) is 0 Å². The molecule has 1 aliphatic heterocycles. The second-order valence-electron chi connectivity index (χ2n) is 4.96. The zero-order chi connectivity index (χ0) is 15.7. The van der Waals surface area contributed by atoms with Gasteiger partial charge in [-0.3, -0.25) is 14.5 Å². The van der Waals surface area contributed by atoms with Gasteiger partial charge in [-0.2, -0.15) is 0 Å². The van der Waals surface area contributed by atoms with Crippen molar-refractivity contribution < 1.29 is 23.9 Å². The van der Waals surface area contributed by atoms with Crippen LogP contribution in [-0.2, 0) is 9.59 Å². The number of carbonyl (C=O) groups is 3. The number of rotatable bonds is 4. The van der Waals surface area contributed by atoms with Crippen molar-refractivity contribution in [2.45, 2.75) is 36.5 Å². The molecule has 1 N–H and O–H groups in total. The Morgan fingerprint density at radius 2 is 2.10 bits per heavy atom. The molecule has 1 aromatic carbocycles. The molecule has 0 radical (unpaired) electrons. The third-order valence-electron chi connectivity index (χ3n) is 3.11. The van der Waals surface area contributed by atoms with Crippen molar-refractivity contribution >= 4 is 29.5 Å². The number of carbonyl (C=O) groups excluding carboxylic acids is 2. The van der Waals surface area contributed by atoms with Crippen LogP contribution in [0.5, 0.6) is 0 Å². The van der Waals surface area contributed by atoms with Crippen molar-refractivity contribution in [3.05, 3.63) is 29.6 Å². The number of nitrogens with zero attached hydrogens (tertiary/aromatic N) is 1. The maximum absolute atomic E-state index is 13.7. The summed E-state index contributed by atoms with van der Waals surface area (Å²) in [6.45, 7) is 3.46. The fourth-order valence-electron chi connectivity index (χ4n) is 2.14. The number of halogens is 1. The summed E-state index contributed by atoms with van der Waals surface area (Å²) in [7, 11) is 0. The van der Waals surface area contributed by atoms with Crippen LogP contribution in [0, 0.1) is 5.82 Å². The predicted molar refractivity (Wildman–Crippen MR) is 74.6 cm³/mol. The van der Waals surface area contributed by atoms with Crippen LogP contribution < -0.4 is 0 Å². The van der Waals surface area contributed by atoms with Gasteiger partial charge in [-0.15, -0.1) is 11.8 Å². The first-order valence-electron chi connectivity index (χ1n) is 6.36. The van der Waals surface area contributed by atoms with E-state index in [1.165, 1.54) is 6.07 Å². The SMILES string of the molecule is CC(C)N1C(=O)CC(Sc2cc(C(=O)O)ccc2F)C1=O. The van der Waals surface area contributed by atoms with E-state index in [2.05, 4.69) is 0 Å². The van der Waals surface area contributed by atoms with Crippen LogP contribution in [0.25, 0.3) is 0 Å². The van der Waals surface area contributed by atoms with Crippen LogP contribution in [0.2, 0.25) is 0 Å². The van der Waals surface area contributed by atoms with Gasteiger partial charge in [0.1, 0.15) is 5.82 Å². The molecule has 7 heteroatoms. The molecule has 1 saturated heterocycles. The summed E-state index contributed by atoms with van der Waals surface area (Å²) in [6, 6.07) is 3.14. The number of hydrogen-bond acceptors (Lipinski definition) is 4. The van der Waals surface area contributed by atoms with Crippen molar-refractivity contribution in [3.8, 4) is 0 Å². The van der Waals surface area contributed by atoms with Crippen molar-refractivity contribution in [2.24, 2.45) is 0 Å². The molecular weight excluding hydrogens is 297 g/mol. The summed E-state index contributed by atoms with van der Waals surface area (Å²) in [4.78, 5) is 36.1. The van der Waals surface area contributed by atoms with Gasteiger partial charge in [0, 0.05) is 17.4 Å². The Labute approximate surface area is 125 Å². The number of likely N-dealkylation sites (tertiary alicyclic amines) is 1. The molecule has 1 aromatic rings. The highest BCUT2D eigenvalue weighted by atomic mass is 32.2. The average Bonchev–Trinajstić information content (AvgIpc) is 2.66. The minimum Gasteiger partial charge on any atom is -0.478 e. The molecule has 0 saturated carbocycles. The zero-order valence-electron chi connectivity index (χ0n) is 11.5. The maximum Gasteiger partial charge on any atom is 0.335 e. The van der Waals surface area contributed by atoms with Gasteiger partial charge in [0.2, 0.25) is 11.8 Å². The fraction of sp³-hybridized carbons (Fsp3) is 0.357. The second kappa shape index (κ2) is 5.85. The smallest absolute Gasteiger partial charge is 0.335 e. The van der Waals surface area contributed by atoms with E-state index < -0.39 is 17.0 Å². The quantitative estimate of drug-likeness (QED) is 0.862. The average molecular weight is 311 g/mol. The Kier molecular flexibility index (Phi) is 4.32. The number of carboxylic acid groups (broad SMARTS) is 1. The Balaban J connectivity index is 2.23. The largest absolute Gasteiger partial charge is 0.478 e. The molecule has 21 heavy (non-hydrogen) atoms. The zero-order valence-corrected chi connectivity index (χ0v) is 12.3. The molecular formula is C14H14FNO4S. The number of thioether (sulfide) groups is 1. The first kappa shape index (κ1) is 15.5. The first-order valence-corrected chi connectivity index (χ1v) is 7.24. The van der Waals surface area contributed by atoms with E-state index in [0.717, 1.165) is 28.8 Å². The monoisotopic (exact) mass is 311 g/mol. The van der Waals surface area contributed by atoms with Gasteiger partial charge in [0.25, 0.3) is 0 Å². The lowest BCUT2D eigenvalue weighted by atomic mass is 10.2. The lowest BCUT2D eigenvalue weighted by molar-refractivity contribution is -0.140. The number of carboxylic acids is 1. The van der Waals surface area contributed by atoms with Crippen LogP contribution in [0.4, 0.5) is 4.39 Å². The van der Waals surface area contributed by atoms with Crippen molar-refractivity contribution in [1.82, 2.24) is 4.90 Å². The minimum absolute atomic E-state index is 0.00157. The van der Waals surface area contributed by atoms with Gasteiger partial charge >= 0.3 is 5.97 Å². The van der Waals surface area contributed by atoms with Crippen LogP contribution in [0.1, 0.15) is 30.6 Å². The van der Waals surface area contributed by atoms with Gasteiger partial charge in [0.05, 0.1) is 10.8 Å². The predicted octanol–water partition coefficient (Wildman–Crippen LogP) is 2.15. The standard InChI is InChI=1S/C14H14FNO4S/c1-7(2)16-12(17)6-11(13(16)18)21-10-5-8(14(19)20)3-4-9(10)15/h3-5,7,11H,6H2,1-2H3,(H,19,20). The number of amides is 2. The van der Waals surface area contributed by atoms with Gasteiger partial charge in [0.15, 0.2) is 0 Å². The van der Waals surface area contributed by atoms with Crippen LogP contribution in [0.15, 0.2) is 23.1 Å². The van der Waals surface area contributed by atoms with E-state index in [0.29, 0.717) is 0 Å². The van der Waals surface area contributed by atoms with Crippen LogP contribution in [0.3, 0.4) is 0 Å². The van der Waals surface area contributed by atoms with Gasteiger partial charge in [-0.1, -0.05) is 0 Å². The number of imide groups is 1. The summed E-state index contributed by atoms with van der Waals surface area (Å²) >= 11 is 0.892. The van der Waals surface area contributed by atoms with E-state index >= 15 is 0 Å². The molecule has 2 rings (SSSR count). The van der Waals surface area contributed by atoms with Gasteiger partial charge in [-0.05, 0) is 32.0 Å². The highest BCUT2D eigenvalue weighted by molar-refractivity contribution is 8.00. The topological polar surface area (TPSA) is 74.7 Å². The summed E-state index contributed by atoms with van der Waals surface area (Å²) in [5.41, 5.74) is -0.0589. The van der Waals surface area contributed by atoms with Gasteiger partial charge in [-0.25, -0.2) is 9.18 Å². The number of hydrogen-bond donors (Lipinski definition) is 1. The molecule has 1 atom stereocenters. The molecule has 1 fully saturated rings. The Morgan fingerprint density at radius 3 is 2.62 bits per heavy atom. The van der Waals surface area contributed by atoms with E-state index in [1.807, 2.05) is 0 Å². The lowest BCUT2D eigenvalue weighted by Gasteiger charge is -2.18. The van der Waals surface area contributed by atoms with Crippen LogP contribution >= 0.6 is 11.8 Å². The summed E-state index contributed by atoms with van der Waals surface area (Å²) in [5.74, 6) is -2.43. The third kappa shape index (κ3) is 3.07. The minimum atomic E-state index is -1.17.